The summed E-state index contributed by atoms with van der Waals surface area (Å²) in [5, 5.41) is 4.10. The largest absolute Gasteiger partial charge is 0.371 e. The summed E-state index contributed by atoms with van der Waals surface area (Å²) in [7, 11) is 0. The normalized spacial score (nSPS) is 16.1. The molecular formula is C26H30N4O2. The third-order valence-corrected chi connectivity index (χ3v) is 5.93. The zero-order valence-electron chi connectivity index (χ0n) is 18.8. The van der Waals surface area contributed by atoms with Crippen molar-refractivity contribution in [1.29, 1.82) is 0 Å². The third-order valence-electron chi connectivity index (χ3n) is 5.93. The number of rotatable bonds is 7. The number of piperidine rings is 1. The van der Waals surface area contributed by atoms with E-state index < -0.39 is 0 Å². The van der Waals surface area contributed by atoms with Gasteiger partial charge in [-0.25, -0.2) is 0 Å². The van der Waals surface area contributed by atoms with E-state index in [1.54, 1.807) is 11.0 Å². The summed E-state index contributed by atoms with van der Waals surface area (Å²) in [6.45, 7) is 10.4. The average molecular weight is 431 g/mol. The fourth-order valence-corrected chi connectivity index (χ4v) is 4.12. The molecule has 0 aliphatic carbocycles. The van der Waals surface area contributed by atoms with Gasteiger partial charge in [0.05, 0.1) is 5.92 Å². The summed E-state index contributed by atoms with van der Waals surface area (Å²) in [4.78, 5) is 22.0. The zero-order valence-corrected chi connectivity index (χ0v) is 18.8. The molecule has 1 aliphatic heterocycles. The number of benzene rings is 2. The monoisotopic (exact) mass is 430 g/mol. The number of anilines is 1. The molecule has 1 saturated heterocycles. The second kappa shape index (κ2) is 9.81. The van der Waals surface area contributed by atoms with Gasteiger partial charge >= 0.3 is 0 Å². The van der Waals surface area contributed by atoms with E-state index in [1.165, 1.54) is 16.8 Å². The quantitative estimate of drug-likeness (QED) is 0.505. The van der Waals surface area contributed by atoms with Gasteiger partial charge in [0.25, 0.3) is 0 Å². The molecule has 0 saturated carbocycles. The molecule has 1 fully saturated rings. The first-order chi connectivity index (χ1) is 15.5. The first-order valence-corrected chi connectivity index (χ1v) is 11.1. The number of nitrogens with zero attached hydrogens (tertiary/aromatic N) is 4. The fourth-order valence-electron chi connectivity index (χ4n) is 4.12. The topological polar surface area (TPSA) is 62.5 Å². The number of hydrogen-bond acceptors (Lipinski definition) is 5. The Morgan fingerprint density at radius 2 is 1.84 bits per heavy atom. The Morgan fingerprint density at radius 3 is 2.53 bits per heavy atom. The summed E-state index contributed by atoms with van der Waals surface area (Å²) in [5.74, 6) is 1.01. The van der Waals surface area contributed by atoms with Crippen LogP contribution in [-0.2, 0) is 11.3 Å². The van der Waals surface area contributed by atoms with Gasteiger partial charge in [-0.15, -0.1) is 6.58 Å². The van der Waals surface area contributed by atoms with Crippen molar-refractivity contribution in [2.75, 3.05) is 24.5 Å². The van der Waals surface area contributed by atoms with Crippen molar-refractivity contribution >= 4 is 11.6 Å². The minimum Gasteiger partial charge on any atom is -0.371 e. The molecule has 6 heteroatoms. The van der Waals surface area contributed by atoms with Gasteiger partial charge in [-0.2, -0.15) is 4.98 Å². The molecule has 6 nitrogen and oxygen atoms in total. The van der Waals surface area contributed by atoms with Crippen molar-refractivity contribution in [2.24, 2.45) is 5.92 Å². The summed E-state index contributed by atoms with van der Waals surface area (Å²) in [5.41, 5.74) is 4.48. The molecule has 0 N–H and O–H groups in total. The molecule has 1 atom stereocenters. The van der Waals surface area contributed by atoms with E-state index in [2.05, 4.69) is 52.8 Å². The van der Waals surface area contributed by atoms with Crippen LogP contribution in [0.25, 0.3) is 11.4 Å². The smallest absolute Gasteiger partial charge is 0.246 e. The number of aromatic nitrogens is 2. The van der Waals surface area contributed by atoms with Gasteiger partial charge < -0.3 is 14.3 Å². The number of amides is 1. The molecular weight excluding hydrogens is 400 g/mol. The van der Waals surface area contributed by atoms with Crippen molar-refractivity contribution in [3.05, 3.63) is 78.2 Å². The Hall–Kier alpha value is -3.41. The summed E-state index contributed by atoms with van der Waals surface area (Å²) in [6, 6.07) is 16.5. The lowest BCUT2D eigenvalue weighted by Crippen LogP contribution is -2.44. The molecule has 0 radical (unpaired) electrons. The van der Waals surface area contributed by atoms with Gasteiger partial charge in [-0.3, -0.25) is 4.79 Å². The van der Waals surface area contributed by atoms with E-state index in [1.807, 2.05) is 31.2 Å². The van der Waals surface area contributed by atoms with Gasteiger partial charge in [0.1, 0.15) is 6.54 Å². The highest BCUT2D eigenvalue weighted by molar-refractivity contribution is 5.80. The number of hydrogen-bond donors (Lipinski definition) is 0. The highest BCUT2D eigenvalue weighted by Gasteiger charge is 2.30. The number of aryl methyl sites for hydroxylation is 2. The van der Waals surface area contributed by atoms with Crippen LogP contribution in [0.3, 0.4) is 0 Å². The lowest BCUT2D eigenvalue weighted by atomic mass is 9.95. The zero-order chi connectivity index (χ0) is 22.5. The molecule has 1 aromatic heterocycles. The molecule has 0 spiro atoms. The summed E-state index contributed by atoms with van der Waals surface area (Å²) < 4.78 is 5.47. The summed E-state index contributed by atoms with van der Waals surface area (Å²) >= 11 is 0. The maximum absolute atomic E-state index is 13.4. The molecule has 1 aliphatic rings. The molecule has 0 bridgehead atoms. The second-order valence-corrected chi connectivity index (χ2v) is 8.51. The lowest BCUT2D eigenvalue weighted by Gasteiger charge is -2.35. The molecule has 4 rings (SSSR count). The Morgan fingerprint density at radius 1 is 1.16 bits per heavy atom. The maximum Gasteiger partial charge on any atom is 0.246 e. The number of carbonyl (C=O) groups is 1. The Balaban J connectivity index is 1.45. The Bertz CT molecular complexity index is 1060. The standard InChI is InChI=1S/C26H30N4O2/c1-4-15-30(18-24-27-25(28-32-24)21-11-7-19(2)8-12-21)26(31)22-6-5-16-29(17-22)23-13-9-20(3)10-14-23/h4,7-14,22H,1,5-6,15-18H2,2-3H3. The highest BCUT2D eigenvalue weighted by Crippen LogP contribution is 2.25. The van der Waals surface area contributed by atoms with Crippen molar-refractivity contribution in [3.63, 3.8) is 0 Å². The van der Waals surface area contributed by atoms with Crippen molar-refractivity contribution in [2.45, 2.75) is 33.2 Å². The van der Waals surface area contributed by atoms with Crippen LogP contribution in [0.1, 0.15) is 29.9 Å². The highest BCUT2D eigenvalue weighted by atomic mass is 16.5. The third kappa shape index (κ3) is 5.07. The first kappa shape index (κ1) is 21.8. The second-order valence-electron chi connectivity index (χ2n) is 8.51. The lowest BCUT2D eigenvalue weighted by molar-refractivity contribution is -0.136. The van der Waals surface area contributed by atoms with Crippen LogP contribution in [0.2, 0.25) is 0 Å². The van der Waals surface area contributed by atoms with Crippen molar-refractivity contribution in [1.82, 2.24) is 15.0 Å². The van der Waals surface area contributed by atoms with Crippen LogP contribution in [0.5, 0.6) is 0 Å². The van der Waals surface area contributed by atoms with Crippen LogP contribution in [0, 0.1) is 19.8 Å². The van der Waals surface area contributed by atoms with Gasteiger partial charge in [-0.05, 0) is 38.8 Å². The molecule has 1 amide bonds. The van der Waals surface area contributed by atoms with E-state index in [0.717, 1.165) is 24.9 Å². The van der Waals surface area contributed by atoms with E-state index in [-0.39, 0.29) is 18.4 Å². The average Bonchev–Trinajstić information content (AvgIpc) is 3.28. The van der Waals surface area contributed by atoms with Gasteiger partial charge in [0.2, 0.25) is 17.6 Å². The SMILES string of the molecule is C=CCN(Cc1nc(-c2ccc(C)cc2)no1)C(=O)C1CCCN(c2ccc(C)cc2)C1. The molecule has 3 aromatic rings. The Kier molecular flexibility index (Phi) is 6.69. The van der Waals surface area contributed by atoms with E-state index in [4.69, 9.17) is 4.52 Å². The van der Waals surface area contributed by atoms with Crippen LogP contribution in [0.15, 0.2) is 65.7 Å². The van der Waals surface area contributed by atoms with Gasteiger partial charge in [-0.1, -0.05) is 58.8 Å². The first-order valence-electron chi connectivity index (χ1n) is 11.1. The van der Waals surface area contributed by atoms with Crippen molar-refractivity contribution in [3.8, 4) is 11.4 Å². The van der Waals surface area contributed by atoms with Gasteiger partial charge in [0, 0.05) is 30.9 Å². The predicted molar refractivity (Wildman–Crippen MR) is 126 cm³/mol. The molecule has 2 heterocycles. The Labute approximate surface area is 189 Å². The summed E-state index contributed by atoms with van der Waals surface area (Å²) in [6.07, 6.45) is 3.62. The minimum absolute atomic E-state index is 0.0653. The molecule has 1 unspecified atom stereocenters. The van der Waals surface area contributed by atoms with E-state index >= 15 is 0 Å². The van der Waals surface area contributed by atoms with E-state index in [0.29, 0.717) is 24.8 Å². The van der Waals surface area contributed by atoms with Crippen LogP contribution < -0.4 is 4.90 Å². The van der Waals surface area contributed by atoms with Crippen LogP contribution in [-0.4, -0.2) is 40.6 Å². The predicted octanol–water partition coefficient (Wildman–Crippen LogP) is 4.78. The van der Waals surface area contributed by atoms with Crippen molar-refractivity contribution < 1.29 is 9.32 Å². The van der Waals surface area contributed by atoms with Crippen LogP contribution >= 0.6 is 0 Å². The number of carbonyl (C=O) groups excluding carboxylic acids is 1. The van der Waals surface area contributed by atoms with Gasteiger partial charge in [0.15, 0.2) is 0 Å². The minimum atomic E-state index is -0.0653. The van der Waals surface area contributed by atoms with E-state index in [9.17, 15) is 4.79 Å². The molecule has 2 aromatic carbocycles. The molecule has 166 valence electrons. The molecule has 32 heavy (non-hydrogen) atoms. The maximum atomic E-state index is 13.4. The fraction of sp³-hybridized carbons (Fsp3) is 0.346. The van der Waals surface area contributed by atoms with Crippen LogP contribution in [0.4, 0.5) is 5.69 Å².